The molecule has 0 saturated heterocycles. The minimum Gasteiger partial charge on any atom is -0.477 e. The molecule has 0 aromatic carbocycles. The van der Waals surface area contributed by atoms with Crippen molar-refractivity contribution in [1.82, 2.24) is 9.78 Å². The molecule has 2 heterocycles. The Balaban J connectivity index is 2.55. The van der Waals surface area contributed by atoms with Gasteiger partial charge in [0.15, 0.2) is 0 Å². The standard InChI is InChI=1S/C17H25N3O2/c1-5-9-12(6-2)14-10-17(7-3,8-4)20-15(19-14)13(11-18-20)16(21)22/h5-6,9,11,14,19H,7-8,10H2,1-4H3,(H,21,22)/b9-5-,12-6+. The van der Waals surface area contributed by atoms with Crippen molar-refractivity contribution in [1.29, 1.82) is 0 Å². The van der Waals surface area contributed by atoms with Gasteiger partial charge in [0.25, 0.3) is 0 Å². The lowest BCUT2D eigenvalue weighted by atomic mass is 9.81. The van der Waals surface area contributed by atoms with E-state index in [9.17, 15) is 9.90 Å². The van der Waals surface area contributed by atoms with Gasteiger partial charge < -0.3 is 10.4 Å². The molecule has 1 atom stereocenters. The lowest BCUT2D eigenvalue weighted by molar-refractivity contribution is 0.0697. The Morgan fingerprint density at radius 3 is 2.68 bits per heavy atom. The first kappa shape index (κ1) is 16.3. The van der Waals surface area contributed by atoms with E-state index in [1.54, 1.807) is 0 Å². The number of anilines is 1. The molecule has 0 saturated carbocycles. The zero-order valence-corrected chi connectivity index (χ0v) is 13.8. The molecule has 0 bridgehead atoms. The molecule has 1 aliphatic heterocycles. The molecule has 5 heteroatoms. The topological polar surface area (TPSA) is 67.2 Å². The number of nitrogens with zero attached hydrogens (tertiary/aromatic N) is 2. The van der Waals surface area contributed by atoms with Gasteiger partial charge in [-0.2, -0.15) is 5.10 Å². The van der Waals surface area contributed by atoms with E-state index in [4.69, 9.17) is 0 Å². The molecule has 0 amide bonds. The van der Waals surface area contributed by atoms with E-state index in [2.05, 4.69) is 36.4 Å². The molecule has 22 heavy (non-hydrogen) atoms. The lowest BCUT2D eigenvalue weighted by Gasteiger charge is -2.42. The van der Waals surface area contributed by atoms with Crippen molar-refractivity contribution < 1.29 is 9.90 Å². The Kier molecular flexibility index (Phi) is 4.74. The normalized spacial score (nSPS) is 20.7. The van der Waals surface area contributed by atoms with Crippen molar-refractivity contribution in [3.8, 4) is 0 Å². The van der Waals surface area contributed by atoms with Gasteiger partial charge in [0.1, 0.15) is 11.4 Å². The van der Waals surface area contributed by atoms with E-state index in [1.165, 1.54) is 11.8 Å². The molecule has 1 unspecified atom stereocenters. The second-order valence-electron chi connectivity index (χ2n) is 5.74. The maximum absolute atomic E-state index is 11.5. The number of aromatic carboxylic acids is 1. The van der Waals surface area contributed by atoms with Gasteiger partial charge in [-0.1, -0.05) is 32.1 Å². The van der Waals surface area contributed by atoms with Crippen LogP contribution in [0.4, 0.5) is 5.82 Å². The summed E-state index contributed by atoms with van der Waals surface area (Å²) in [6.07, 6.45) is 10.4. The van der Waals surface area contributed by atoms with Gasteiger partial charge in [0, 0.05) is 0 Å². The van der Waals surface area contributed by atoms with Gasteiger partial charge in [0.05, 0.1) is 17.8 Å². The molecule has 1 aromatic rings. The molecule has 2 rings (SSSR count). The fourth-order valence-corrected chi connectivity index (χ4v) is 3.33. The average Bonchev–Trinajstić information content (AvgIpc) is 2.96. The number of rotatable bonds is 5. The van der Waals surface area contributed by atoms with Crippen LogP contribution in [0.25, 0.3) is 0 Å². The number of hydrogen-bond acceptors (Lipinski definition) is 3. The van der Waals surface area contributed by atoms with Crippen molar-refractivity contribution in [2.75, 3.05) is 5.32 Å². The Bertz CT molecular complexity index is 609. The van der Waals surface area contributed by atoms with Crippen LogP contribution in [0.1, 0.15) is 57.3 Å². The van der Waals surface area contributed by atoms with E-state index in [-0.39, 0.29) is 17.1 Å². The van der Waals surface area contributed by atoms with Crippen LogP contribution in [0.15, 0.2) is 30.0 Å². The van der Waals surface area contributed by atoms with Gasteiger partial charge >= 0.3 is 5.97 Å². The Labute approximate surface area is 131 Å². The maximum Gasteiger partial charge on any atom is 0.341 e. The van der Waals surface area contributed by atoms with Gasteiger partial charge in [-0.3, -0.25) is 0 Å². The highest BCUT2D eigenvalue weighted by molar-refractivity contribution is 5.93. The summed E-state index contributed by atoms with van der Waals surface area (Å²) >= 11 is 0. The smallest absolute Gasteiger partial charge is 0.341 e. The Morgan fingerprint density at radius 2 is 2.18 bits per heavy atom. The van der Waals surface area contributed by atoms with Crippen molar-refractivity contribution >= 4 is 11.8 Å². The third-order valence-corrected chi connectivity index (χ3v) is 4.76. The van der Waals surface area contributed by atoms with Crippen LogP contribution in [0.2, 0.25) is 0 Å². The second kappa shape index (κ2) is 6.38. The van der Waals surface area contributed by atoms with E-state index >= 15 is 0 Å². The highest BCUT2D eigenvalue weighted by Gasteiger charge is 2.40. The number of fused-ring (bicyclic) bond motifs is 1. The quantitative estimate of drug-likeness (QED) is 0.812. The van der Waals surface area contributed by atoms with Crippen molar-refractivity contribution in [2.45, 2.75) is 58.5 Å². The fourth-order valence-electron chi connectivity index (χ4n) is 3.33. The van der Waals surface area contributed by atoms with Crippen molar-refractivity contribution in [3.05, 3.63) is 35.6 Å². The monoisotopic (exact) mass is 303 g/mol. The van der Waals surface area contributed by atoms with E-state index in [0.29, 0.717) is 5.82 Å². The van der Waals surface area contributed by atoms with Gasteiger partial charge in [0.2, 0.25) is 0 Å². The number of carboxylic acids is 1. The molecule has 1 aliphatic rings. The van der Waals surface area contributed by atoms with Crippen LogP contribution in [-0.4, -0.2) is 26.9 Å². The molecule has 0 aliphatic carbocycles. The van der Waals surface area contributed by atoms with Crippen molar-refractivity contribution in [3.63, 3.8) is 0 Å². The summed E-state index contributed by atoms with van der Waals surface area (Å²) in [5.74, 6) is -0.320. The molecule has 0 spiro atoms. The minimum atomic E-state index is -0.941. The van der Waals surface area contributed by atoms with E-state index < -0.39 is 5.97 Å². The van der Waals surface area contributed by atoms with Crippen LogP contribution in [0.3, 0.4) is 0 Å². The summed E-state index contributed by atoms with van der Waals surface area (Å²) < 4.78 is 1.88. The Hall–Kier alpha value is -2.04. The summed E-state index contributed by atoms with van der Waals surface area (Å²) in [6, 6.07) is 0.100. The molecule has 0 radical (unpaired) electrons. The van der Waals surface area contributed by atoms with Gasteiger partial charge in [-0.25, -0.2) is 9.48 Å². The molecule has 1 aromatic heterocycles. The SMILES string of the molecule is C/C=C\C(=C/C)C1CC(CC)(CC)n2ncc(C(=O)O)c2N1. The fraction of sp³-hybridized carbons (Fsp3) is 0.529. The summed E-state index contributed by atoms with van der Waals surface area (Å²) in [7, 11) is 0. The lowest BCUT2D eigenvalue weighted by Crippen LogP contribution is -2.45. The number of nitrogens with one attached hydrogen (secondary N) is 1. The van der Waals surface area contributed by atoms with Crippen molar-refractivity contribution in [2.24, 2.45) is 0 Å². The number of carboxylic acid groups (broad SMARTS) is 1. The second-order valence-corrected chi connectivity index (χ2v) is 5.74. The molecule has 2 N–H and O–H groups in total. The first-order chi connectivity index (χ1) is 10.5. The van der Waals surface area contributed by atoms with Crippen LogP contribution < -0.4 is 5.32 Å². The average molecular weight is 303 g/mol. The predicted octanol–water partition coefficient (Wildman–Crippen LogP) is 3.80. The third-order valence-electron chi connectivity index (χ3n) is 4.76. The number of aromatic nitrogens is 2. The van der Waals surface area contributed by atoms with Gasteiger partial charge in [-0.05, 0) is 38.7 Å². The maximum atomic E-state index is 11.5. The largest absolute Gasteiger partial charge is 0.477 e. The summed E-state index contributed by atoms with van der Waals surface area (Å²) in [4.78, 5) is 11.5. The third kappa shape index (κ3) is 2.56. The molecule has 0 fully saturated rings. The zero-order valence-electron chi connectivity index (χ0n) is 13.8. The summed E-state index contributed by atoms with van der Waals surface area (Å²) in [6.45, 7) is 8.29. The molecule has 5 nitrogen and oxygen atoms in total. The van der Waals surface area contributed by atoms with E-state index in [0.717, 1.165) is 19.3 Å². The highest BCUT2D eigenvalue weighted by Crippen LogP contribution is 2.40. The predicted molar refractivity (Wildman–Crippen MR) is 88.3 cm³/mol. The van der Waals surface area contributed by atoms with E-state index in [1.807, 2.05) is 24.6 Å². The molecular weight excluding hydrogens is 278 g/mol. The van der Waals surface area contributed by atoms with Gasteiger partial charge in [-0.15, -0.1) is 0 Å². The highest BCUT2D eigenvalue weighted by atomic mass is 16.4. The minimum absolute atomic E-state index is 0.100. The number of hydrogen-bond donors (Lipinski definition) is 2. The first-order valence-electron chi connectivity index (χ1n) is 7.90. The number of allylic oxidation sites excluding steroid dienone is 2. The zero-order chi connectivity index (χ0) is 16.3. The Morgan fingerprint density at radius 1 is 1.50 bits per heavy atom. The molecular formula is C17H25N3O2. The summed E-state index contributed by atoms with van der Waals surface area (Å²) in [5.41, 5.74) is 1.28. The molecule has 120 valence electrons. The van der Waals surface area contributed by atoms with Crippen LogP contribution in [-0.2, 0) is 5.54 Å². The first-order valence-corrected chi connectivity index (χ1v) is 7.90. The number of carbonyl (C=O) groups is 1. The summed E-state index contributed by atoms with van der Waals surface area (Å²) in [5, 5.41) is 17.2. The van der Waals surface area contributed by atoms with Crippen LogP contribution in [0.5, 0.6) is 0 Å². The van der Waals surface area contributed by atoms with Crippen LogP contribution >= 0.6 is 0 Å². The van der Waals surface area contributed by atoms with Crippen LogP contribution in [0, 0.1) is 0 Å².